The van der Waals surface area contributed by atoms with Gasteiger partial charge < -0.3 is 14.4 Å². The third-order valence-electron chi connectivity index (χ3n) is 6.13. The Morgan fingerprint density at radius 3 is 2.36 bits per heavy atom. The number of hydrogen-bond acceptors (Lipinski definition) is 6. The molecule has 8 nitrogen and oxygen atoms in total. The first-order chi connectivity index (χ1) is 15.9. The molecule has 0 N–H and O–H groups in total. The number of rotatable bonds is 7. The molecule has 2 saturated heterocycles. The number of sulfonamides is 1. The van der Waals surface area contributed by atoms with Gasteiger partial charge in [0, 0.05) is 51.4 Å². The van der Waals surface area contributed by atoms with Crippen LogP contribution in [-0.4, -0.2) is 94.1 Å². The number of nitrogens with zero attached hydrogens (tertiary/aromatic N) is 3. The highest BCUT2D eigenvalue weighted by molar-refractivity contribution is 7.89. The molecule has 0 atom stereocenters. The molecule has 9 heteroatoms. The van der Waals surface area contributed by atoms with Gasteiger partial charge in [-0.15, -0.1) is 0 Å². The second-order valence-electron chi connectivity index (χ2n) is 8.29. The molecule has 0 unspecified atom stereocenters. The van der Waals surface area contributed by atoms with Gasteiger partial charge in [0.25, 0.3) is 5.91 Å². The zero-order valence-electron chi connectivity index (χ0n) is 19.0. The molecular weight excluding hydrogens is 442 g/mol. The fourth-order valence-electron chi connectivity index (χ4n) is 4.08. The summed E-state index contributed by atoms with van der Waals surface area (Å²) in [6.45, 7) is 7.38. The molecule has 0 bridgehead atoms. The summed E-state index contributed by atoms with van der Waals surface area (Å²) in [5.74, 6) is 0.736. The van der Waals surface area contributed by atoms with Crippen molar-refractivity contribution in [2.45, 2.75) is 11.8 Å². The zero-order valence-corrected chi connectivity index (χ0v) is 19.8. The normalized spacial score (nSPS) is 18.3. The van der Waals surface area contributed by atoms with Gasteiger partial charge in [0.2, 0.25) is 10.0 Å². The number of para-hydroxylation sites is 1. The predicted molar refractivity (Wildman–Crippen MR) is 125 cm³/mol. The lowest BCUT2D eigenvalue weighted by molar-refractivity contribution is 0.0619. The summed E-state index contributed by atoms with van der Waals surface area (Å²) in [6.07, 6.45) is 0. The SMILES string of the molecule is Cc1ccc(S(=O)(=O)N2CCOCC2)cc1C(=O)N1CCN(CCOc2ccccc2)CC1. The van der Waals surface area contributed by atoms with Gasteiger partial charge in [0.15, 0.2) is 0 Å². The molecule has 0 aliphatic carbocycles. The van der Waals surface area contributed by atoms with Crippen molar-refractivity contribution < 1.29 is 22.7 Å². The van der Waals surface area contributed by atoms with Crippen LogP contribution in [0.1, 0.15) is 15.9 Å². The summed E-state index contributed by atoms with van der Waals surface area (Å²) in [5, 5.41) is 0. The first-order valence-electron chi connectivity index (χ1n) is 11.3. The molecular formula is C24H31N3O5S. The van der Waals surface area contributed by atoms with Crippen molar-refractivity contribution in [2.75, 3.05) is 65.6 Å². The highest BCUT2D eigenvalue weighted by Gasteiger charge is 2.29. The lowest BCUT2D eigenvalue weighted by Crippen LogP contribution is -2.49. The molecule has 178 valence electrons. The number of piperazine rings is 1. The van der Waals surface area contributed by atoms with Crippen LogP contribution in [0.25, 0.3) is 0 Å². The largest absolute Gasteiger partial charge is 0.492 e. The van der Waals surface area contributed by atoms with Crippen LogP contribution in [0.2, 0.25) is 0 Å². The number of carbonyl (C=O) groups excluding carboxylic acids is 1. The predicted octanol–water partition coefficient (Wildman–Crippen LogP) is 1.85. The first kappa shape index (κ1) is 23.7. The fourth-order valence-corrected chi connectivity index (χ4v) is 5.52. The molecule has 2 fully saturated rings. The van der Waals surface area contributed by atoms with Crippen molar-refractivity contribution >= 4 is 15.9 Å². The van der Waals surface area contributed by atoms with Crippen LogP contribution in [-0.2, 0) is 14.8 Å². The Balaban J connectivity index is 1.35. The smallest absolute Gasteiger partial charge is 0.254 e. The molecule has 0 spiro atoms. The van der Waals surface area contributed by atoms with E-state index in [0.717, 1.165) is 30.9 Å². The molecule has 2 aliphatic heterocycles. The maximum Gasteiger partial charge on any atom is 0.254 e. The van der Waals surface area contributed by atoms with Crippen molar-refractivity contribution in [3.8, 4) is 5.75 Å². The molecule has 2 aliphatic rings. The lowest BCUT2D eigenvalue weighted by Gasteiger charge is -2.35. The lowest BCUT2D eigenvalue weighted by atomic mass is 10.1. The van der Waals surface area contributed by atoms with Crippen LogP contribution in [0.4, 0.5) is 0 Å². The van der Waals surface area contributed by atoms with Gasteiger partial charge in [0.05, 0.1) is 18.1 Å². The summed E-state index contributed by atoms with van der Waals surface area (Å²) in [5.41, 5.74) is 1.23. The summed E-state index contributed by atoms with van der Waals surface area (Å²) in [4.78, 5) is 17.5. The average Bonchev–Trinajstić information content (AvgIpc) is 2.85. The Morgan fingerprint density at radius 1 is 0.970 bits per heavy atom. The minimum Gasteiger partial charge on any atom is -0.492 e. The molecule has 0 radical (unpaired) electrons. The number of benzene rings is 2. The topological polar surface area (TPSA) is 79.4 Å². The summed E-state index contributed by atoms with van der Waals surface area (Å²) < 4.78 is 38.5. The third kappa shape index (κ3) is 5.73. The number of morpholine rings is 1. The van der Waals surface area contributed by atoms with Gasteiger partial charge in [0.1, 0.15) is 12.4 Å². The van der Waals surface area contributed by atoms with Gasteiger partial charge in [-0.25, -0.2) is 8.42 Å². The van der Waals surface area contributed by atoms with Crippen LogP contribution in [0.5, 0.6) is 5.75 Å². The van der Waals surface area contributed by atoms with Crippen molar-refractivity contribution in [1.29, 1.82) is 0 Å². The molecule has 4 rings (SSSR count). The summed E-state index contributed by atoms with van der Waals surface area (Å²) in [6, 6.07) is 14.6. The summed E-state index contributed by atoms with van der Waals surface area (Å²) in [7, 11) is -3.65. The van der Waals surface area contributed by atoms with Crippen molar-refractivity contribution in [1.82, 2.24) is 14.1 Å². The minimum atomic E-state index is -3.65. The van der Waals surface area contributed by atoms with E-state index in [-0.39, 0.29) is 10.8 Å². The van der Waals surface area contributed by atoms with Crippen molar-refractivity contribution in [3.63, 3.8) is 0 Å². The van der Waals surface area contributed by atoms with E-state index in [9.17, 15) is 13.2 Å². The van der Waals surface area contributed by atoms with Crippen LogP contribution in [0.15, 0.2) is 53.4 Å². The molecule has 0 aromatic heterocycles. The zero-order chi connectivity index (χ0) is 23.3. The summed E-state index contributed by atoms with van der Waals surface area (Å²) >= 11 is 0. The van der Waals surface area contributed by atoms with Gasteiger partial charge in [-0.3, -0.25) is 9.69 Å². The van der Waals surface area contributed by atoms with E-state index < -0.39 is 10.0 Å². The van der Waals surface area contributed by atoms with E-state index in [2.05, 4.69) is 4.90 Å². The molecule has 2 heterocycles. The second kappa shape index (κ2) is 10.6. The van der Waals surface area contributed by atoms with Crippen molar-refractivity contribution in [2.24, 2.45) is 0 Å². The molecule has 33 heavy (non-hydrogen) atoms. The number of ether oxygens (including phenoxy) is 2. The van der Waals surface area contributed by atoms with E-state index in [1.807, 2.05) is 42.2 Å². The van der Waals surface area contributed by atoms with E-state index >= 15 is 0 Å². The first-order valence-corrected chi connectivity index (χ1v) is 12.8. The Bertz CT molecular complexity index is 1050. The van der Waals surface area contributed by atoms with Gasteiger partial charge in [-0.05, 0) is 36.8 Å². The Hall–Kier alpha value is -2.46. The van der Waals surface area contributed by atoms with E-state index in [4.69, 9.17) is 9.47 Å². The van der Waals surface area contributed by atoms with Gasteiger partial charge in [-0.2, -0.15) is 4.31 Å². The second-order valence-corrected chi connectivity index (χ2v) is 10.2. The number of aryl methyl sites for hydroxylation is 1. The molecule has 1 amide bonds. The van der Waals surface area contributed by atoms with Crippen LogP contribution >= 0.6 is 0 Å². The van der Waals surface area contributed by atoms with E-state index in [0.29, 0.717) is 51.6 Å². The highest BCUT2D eigenvalue weighted by Crippen LogP contribution is 2.22. The fraction of sp³-hybridized carbons (Fsp3) is 0.458. The maximum atomic E-state index is 13.2. The number of hydrogen-bond donors (Lipinski definition) is 0. The van der Waals surface area contributed by atoms with Crippen LogP contribution in [0.3, 0.4) is 0 Å². The van der Waals surface area contributed by atoms with Gasteiger partial charge in [-0.1, -0.05) is 24.3 Å². The molecule has 2 aromatic rings. The molecule has 0 saturated carbocycles. The number of carbonyl (C=O) groups is 1. The van der Waals surface area contributed by atoms with E-state index in [1.165, 1.54) is 10.4 Å². The highest BCUT2D eigenvalue weighted by atomic mass is 32.2. The molecule has 2 aromatic carbocycles. The van der Waals surface area contributed by atoms with Crippen LogP contribution < -0.4 is 4.74 Å². The quantitative estimate of drug-likeness (QED) is 0.611. The van der Waals surface area contributed by atoms with E-state index in [1.54, 1.807) is 12.1 Å². The Morgan fingerprint density at radius 2 is 1.67 bits per heavy atom. The average molecular weight is 474 g/mol. The Labute approximate surface area is 195 Å². The maximum absolute atomic E-state index is 13.2. The Kier molecular flexibility index (Phi) is 7.64. The van der Waals surface area contributed by atoms with Crippen molar-refractivity contribution in [3.05, 3.63) is 59.7 Å². The standard InChI is InChI=1S/C24H31N3O5S/c1-20-7-8-22(33(29,30)27-14-16-31-17-15-27)19-23(20)24(28)26-11-9-25(10-12-26)13-18-32-21-5-3-2-4-6-21/h2-8,19H,9-18H2,1H3. The van der Waals surface area contributed by atoms with Gasteiger partial charge >= 0.3 is 0 Å². The minimum absolute atomic E-state index is 0.119. The monoisotopic (exact) mass is 473 g/mol. The third-order valence-corrected chi connectivity index (χ3v) is 8.02. The van der Waals surface area contributed by atoms with Crippen LogP contribution in [0, 0.1) is 6.92 Å². The number of amides is 1.